The molecule has 1 aromatic heterocycles. The standard InChI is InChI=1S/C17H24N2S/c1-5-14-7-9-15(10-8-14)16(6-2)19-13(4)17-18-11-12(3)20-17/h7-11,13,16,19H,5-6H2,1-4H3. The van der Waals surface area contributed by atoms with Crippen LogP contribution in [0.25, 0.3) is 0 Å². The van der Waals surface area contributed by atoms with E-state index in [2.05, 4.69) is 62.3 Å². The maximum absolute atomic E-state index is 4.48. The minimum Gasteiger partial charge on any atom is -0.301 e. The third kappa shape index (κ3) is 3.68. The summed E-state index contributed by atoms with van der Waals surface area (Å²) >= 11 is 1.78. The summed E-state index contributed by atoms with van der Waals surface area (Å²) in [6, 6.07) is 9.65. The van der Waals surface area contributed by atoms with Gasteiger partial charge in [-0.1, -0.05) is 38.1 Å². The average Bonchev–Trinajstić information content (AvgIpc) is 2.91. The average molecular weight is 288 g/mol. The van der Waals surface area contributed by atoms with Gasteiger partial charge in [0.2, 0.25) is 0 Å². The van der Waals surface area contributed by atoms with Crippen LogP contribution < -0.4 is 5.32 Å². The Kier molecular flexibility index (Phi) is 5.32. The number of rotatable bonds is 6. The van der Waals surface area contributed by atoms with E-state index >= 15 is 0 Å². The molecule has 1 aromatic carbocycles. The van der Waals surface area contributed by atoms with E-state index in [0.717, 1.165) is 12.8 Å². The van der Waals surface area contributed by atoms with Crippen LogP contribution in [0.5, 0.6) is 0 Å². The van der Waals surface area contributed by atoms with Crippen LogP contribution in [0.4, 0.5) is 0 Å². The zero-order chi connectivity index (χ0) is 14.5. The Labute approximate surface area is 126 Å². The van der Waals surface area contributed by atoms with E-state index in [9.17, 15) is 0 Å². The van der Waals surface area contributed by atoms with Gasteiger partial charge in [0.15, 0.2) is 0 Å². The summed E-state index contributed by atoms with van der Waals surface area (Å²) in [7, 11) is 0. The molecule has 2 unspecified atom stereocenters. The highest BCUT2D eigenvalue weighted by atomic mass is 32.1. The second kappa shape index (κ2) is 7.00. The molecule has 0 aliphatic carbocycles. The van der Waals surface area contributed by atoms with Gasteiger partial charge in [0.1, 0.15) is 5.01 Å². The van der Waals surface area contributed by atoms with Crippen LogP contribution in [0, 0.1) is 6.92 Å². The predicted octanol–water partition coefficient (Wildman–Crippen LogP) is 4.82. The van der Waals surface area contributed by atoms with Gasteiger partial charge in [-0.2, -0.15) is 0 Å². The third-order valence-electron chi connectivity index (χ3n) is 3.66. The van der Waals surface area contributed by atoms with Crippen LogP contribution in [0.15, 0.2) is 30.5 Å². The molecule has 20 heavy (non-hydrogen) atoms. The van der Waals surface area contributed by atoms with Crippen LogP contribution in [0.1, 0.15) is 60.3 Å². The lowest BCUT2D eigenvalue weighted by Gasteiger charge is -2.21. The molecule has 0 amide bonds. The molecule has 0 saturated carbocycles. The molecule has 2 rings (SSSR count). The highest BCUT2D eigenvalue weighted by molar-refractivity contribution is 7.11. The molecule has 1 N–H and O–H groups in total. The van der Waals surface area contributed by atoms with Gasteiger partial charge in [-0.05, 0) is 37.8 Å². The second-order valence-electron chi connectivity index (χ2n) is 5.25. The van der Waals surface area contributed by atoms with Crippen molar-refractivity contribution < 1.29 is 0 Å². The minimum absolute atomic E-state index is 0.296. The SMILES string of the molecule is CCc1ccc(C(CC)NC(C)c2ncc(C)s2)cc1. The van der Waals surface area contributed by atoms with Gasteiger partial charge in [0.25, 0.3) is 0 Å². The summed E-state index contributed by atoms with van der Waals surface area (Å²) in [5.74, 6) is 0. The fourth-order valence-corrected chi connectivity index (χ4v) is 3.17. The number of benzene rings is 1. The fraction of sp³-hybridized carbons (Fsp3) is 0.471. The van der Waals surface area contributed by atoms with Crippen molar-refractivity contribution in [3.05, 3.63) is 51.5 Å². The summed E-state index contributed by atoms with van der Waals surface area (Å²) in [4.78, 5) is 5.75. The van der Waals surface area contributed by atoms with Crippen molar-refractivity contribution in [3.8, 4) is 0 Å². The molecule has 0 spiro atoms. The maximum atomic E-state index is 4.48. The molecule has 2 atom stereocenters. The molecule has 0 saturated heterocycles. The van der Waals surface area contributed by atoms with E-state index in [1.54, 1.807) is 11.3 Å². The maximum Gasteiger partial charge on any atom is 0.109 e. The van der Waals surface area contributed by atoms with E-state index in [0.29, 0.717) is 12.1 Å². The largest absolute Gasteiger partial charge is 0.301 e. The first-order chi connectivity index (χ1) is 9.63. The number of nitrogens with one attached hydrogen (secondary N) is 1. The Morgan fingerprint density at radius 2 is 1.90 bits per heavy atom. The molecule has 0 bridgehead atoms. The molecule has 1 heterocycles. The van der Waals surface area contributed by atoms with E-state index < -0.39 is 0 Å². The predicted molar refractivity (Wildman–Crippen MR) is 87.3 cm³/mol. The molecule has 2 nitrogen and oxygen atoms in total. The highest BCUT2D eigenvalue weighted by Gasteiger charge is 2.15. The number of aromatic nitrogens is 1. The molecular formula is C17H24N2S. The Morgan fingerprint density at radius 3 is 2.40 bits per heavy atom. The third-order valence-corrected chi connectivity index (χ3v) is 4.75. The van der Waals surface area contributed by atoms with Gasteiger partial charge in [-0.25, -0.2) is 4.98 Å². The number of hydrogen-bond donors (Lipinski definition) is 1. The van der Waals surface area contributed by atoms with Crippen molar-refractivity contribution in [2.24, 2.45) is 0 Å². The summed E-state index contributed by atoms with van der Waals surface area (Å²) in [5, 5.41) is 4.87. The molecule has 0 aliphatic rings. The van der Waals surface area contributed by atoms with E-state index in [1.807, 2.05) is 6.20 Å². The summed E-state index contributed by atoms with van der Waals surface area (Å²) in [5.41, 5.74) is 2.76. The molecule has 2 aromatic rings. The molecular weight excluding hydrogens is 264 g/mol. The summed E-state index contributed by atoms with van der Waals surface area (Å²) in [6.45, 7) is 8.72. The van der Waals surface area contributed by atoms with Crippen LogP contribution in [0.3, 0.4) is 0 Å². The Hall–Kier alpha value is -1.19. The Morgan fingerprint density at radius 1 is 1.20 bits per heavy atom. The normalized spacial score (nSPS) is 14.2. The van der Waals surface area contributed by atoms with Crippen molar-refractivity contribution >= 4 is 11.3 Å². The zero-order valence-corrected chi connectivity index (χ0v) is 13.6. The molecule has 0 radical (unpaired) electrons. The first-order valence-corrected chi connectivity index (χ1v) is 8.22. The van der Waals surface area contributed by atoms with E-state index in [1.165, 1.54) is 21.0 Å². The van der Waals surface area contributed by atoms with Crippen LogP contribution >= 0.6 is 11.3 Å². The lowest BCUT2D eigenvalue weighted by Crippen LogP contribution is -2.24. The molecule has 108 valence electrons. The monoisotopic (exact) mass is 288 g/mol. The molecule has 0 fully saturated rings. The lowest BCUT2D eigenvalue weighted by molar-refractivity contribution is 0.455. The smallest absolute Gasteiger partial charge is 0.109 e. The van der Waals surface area contributed by atoms with Gasteiger partial charge in [-0.15, -0.1) is 11.3 Å². The van der Waals surface area contributed by atoms with Gasteiger partial charge >= 0.3 is 0 Å². The van der Waals surface area contributed by atoms with Crippen LogP contribution in [-0.4, -0.2) is 4.98 Å². The number of hydrogen-bond acceptors (Lipinski definition) is 3. The lowest BCUT2D eigenvalue weighted by atomic mass is 10.0. The van der Waals surface area contributed by atoms with Gasteiger partial charge < -0.3 is 5.32 Å². The van der Waals surface area contributed by atoms with E-state index in [-0.39, 0.29) is 0 Å². The van der Waals surface area contributed by atoms with Gasteiger partial charge in [0.05, 0.1) is 6.04 Å². The molecule has 3 heteroatoms. The second-order valence-corrected chi connectivity index (χ2v) is 6.52. The topological polar surface area (TPSA) is 24.9 Å². The van der Waals surface area contributed by atoms with Crippen molar-refractivity contribution in [2.75, 3.05) is 0 Å². The Balaban J connectivity index is 2.07. The minimum atomic E-state index is 0.296. The number of nitrogens with zero attached hydrogens (tertiary/aromatic N) is 1. The molecule has 0 aliphatic heterocycles. The first kappa shape index (κ1) is 15.2. The summed E-state index contributed by atoms with van der Waals surface area (Å²) in [6.07, 6.45) is 4.13. The number of thiazole rings is 1. The van der Waals surface area contributed by atoms with Crippen molar-refractivity contribution in [3.63, 3.8) is 0 Å². The van der Waals surface area contributed by atoms with Gasteiger partial charge in [-0.3, -0.25) is 0 Å². The van der Waals surface area contributed by atoms with Crippen molar-refractivity contribution in [2.45, 2.75) is 52.6 Å². The van der Waals surface area contributed by atoms with Crippen LogP contribution in [0.2, 0.25) is 0 Å². The Bertz CT molecular complexity index is 530. The fourth-order valence-electron chi connectivity index (χ4n) is 2.38. The van der Waals surface area contributed by atoms with Gasteiger partial charge in [0, 0.05) is 17.1 Å². The number of aryl methyl sites for hydroxylation is 2. The quantitative estimate of drug-likeness (QED) is 0.824. The zero-order valence-electron chi connectivity index (χ0n) is 12.8. The van der Waals surface area contributed by atoms with E-state index in [4.69, 9.17) is 0 Å². The first-order valence-electron chi connectivity index (χ1n) is 7.41. The van der Waals surface area contributed by atoms with Crippen LogP contribution in [-0.2, 0) is 6.42 Å². The van der Waals surface area contributed by atoms with Crippen molar-refractivity contribution in [1.29, 1.82) is 0 Å². The van der Waals surface area contributed by atoms with Crippen molar-refractivity contribution in [1.82, 2.24) is 10.3 Å². The highest BCUT2D eigenvalue weighted by Crippen LogP contribution is 2.25. The summed E-state index contributed by atoms with van der Waals surface area (Å²) < 4.78 is 0.